The zero-order valence-electron chi connectivity index (χ0n) is 16.8. The van der Waals surface area contributed by atoms with Crippen LogP contribution in [-0.2, 0) is 4.79 Å². The number of hydrogen-bond acceptors (Lipinski definition) is 7. The van der Waals surface area contributed by atoms with Gasteiger partial charge in [-0.25, -0.2) is 14.4 Å². The van der Waals surface area contributed by atoms with Gasteiger partial charge in [-0.3, -0.25) is 9.59 Å². The van der Waals surface area contributed by atoms with Crippen LogP contribution in [0.5, 0.6) is 5.75 Å². The van der Waals surface area contributed by atoms with E-state index in [1.54, 1.807) is 30.3 Å². The van der Waals surface area contributed by atoms with Crippen molar-refractivity contribution in [3.05, 3.63) is 65.6 Å². The molecule has 6 nitrogen and oxygen atoms in total. The molecule has 3 heterocycles. The first kappa shape index (κ1) is 20.6. The molecule has 0 fully saturated rings. The van der Waals surface area contributed by atoms with Gasteiger partial charge in [-0.05, 0) is 42.8 Å². The summed E-state index contributed by atoms with van der Waals surface area (Å²) in [6, 6.07) is 11.3. The number of carbonyl (C=O) groups excluding carboxylic acids is 2. The third-order valence-electron chi connectivity index (χ3n) is 5.05. The lowest BCUT2D eigenvalue weighted by molar-refractivity contribution is -0.118. The summed E-state index contributed by atoms with van der Waals surface area (Å²) < 4.78 is 18.7. The van der Waals surface area contributed by atoms with Gasteiger partial charge in [0.25, 0.3) is 5.91 Å². The maximum Gasteiger partial charge on any atom is 0.262 e. The van der Waals surface area contributed by atoms with Crippen molar-refractivity contribution < 1.29 is 18.7 Å². The smallest absolute Gasteiger partial charge is 0.262 e. The van der Waals surface area contributed by atoms with Gasteiger partial charge in [0.05, 0.1) is 16.3 Å². The Kier molecular flexibility index (Phi) is 5.36. The average Bonchev–Trinajstić information content (AvgIpc) is 3.24. The first-order valence-electron chi connectivity index (χ1n) is 9.75. The summed E-state index contributed by atoms with van der Waals surface area (Å²) in [7, 11) is 0. The minimum absolute atomic E-state index is 0.0344. The molecule has 4 aromatic rings. The van der Waals surface area contributed by atoms with Crippen LogP contribution < -0.4 is 10.1 Å². The van der Waals surface area contributed by atoms with E-state index in [-0.39, 0.29) is 24.1 Å². The monoisotopic (exact) mass is 465 g/mol. The van der Waals surface area contributed by atoms with Gasteiger partial charge >= 0.3 is 0 Å². The zero-order chi connectivity index (χ0) is 22.2. The minimum atomic E-state index is -0.438. The van der Waals surface area contributed by atoms with Crippen LogP contribution in [0.3, 0.4) is 0 Å². The molecule has 2 aromatic carbocycles. The number of carbonyl (C=O) groups is 2. The van der Waals surface area contributed by atoms with Gasteiger partial charge in [0.15, 0.2) is 12.4 Å². The largest absolute Gasteiger partial charge is 0.482 e. The van der Waals surface area contributed by atoms with Crippen LogP contribution in [-0.4, -0.2) is 33.5 Å². The number of aromatic nitrogens is 2. The van der Waals surface area contributed by atoms with Crippen molar-refractivity contribution in [3.8, 4) is 16.9 Å². The van der Waals surface area contributed by atoms with Crippen molar-refractivity contribution in [3.63, 3.8) is 0 Å². The second-order valence-corrected chi connectivity index (χ2v) is 9.37. The Morgan fingerprint density at radius 1 is 1.22 bits per heavy atom. The number of anilines is 1. The molecule has 9 heteroatoms. The second-order valence-electron chi connectivity index (χ2n) is 7.19. The normalized spacial score (nSPS) is 13.9. The van der Waals surface area contributed by atoms with E-state index in [1.807, 2.05) is 12.3 Å². The van der Waals surface area contributed by atoms with E-state index in [9.17, 15) is 14.0 Å². The number of nitrogens with zero attached hydrogens (tertiary/aromatic N) is 2. The van der Waals surface area contributed by atoms with E-state index in [4.69, 9.17) is 4.74 Å². The van der Waals surface area contributed by atoms with E-state index in [1.165, 1.54) is 41.6 Å². The first-order chi connectivity index (χ1) is 15.5. The number of hydrogen-bond donors (Lipinski definition) is 1. The molecule has 1 aliphatic rings. The van der Waals surface area contributed by atoms with Gasteiger partial charge in [0, 0.05) is 16.5 Å². The van der Waals surface area contributed by atoms with Crippen LogP contribution in [0.1, 0.15) is 17.3 Å². The summed E-state index contributed by atoms with van der Waals surface area (Å²) >= 11 is 2.82. The fourth-order valence-electron chi connectivity index (χ4n) is 3.47. The second kappa shape index (κ2) is 8.33. The number of thiophene rings is 1. The van der Waals surface area contributed by atoms with Gasteiger partial charge in [0.2, 0.25) is 0 Å². The lowest BCUT2D eigenvalue weighted by atomic mass is 10.1. The van der Waals surface area contributed by atoms with Crippen molar-refractivity contribution in [2.24, 2.45) is 0 Å². The Balaban J connectivity index is 1.45. The SMILES string of the molecule is CC(Sc1ncnc2scc(-c3ccc(F)cc3)c12)C(=O)c1ccc2c(c1)NC(=O)CO2. The number of fused-ring (bicyclic) bond motifs is 2. The van der Waals surface area contributed by atoms with Crippen molar-refractivity contribution in [2.75, 3.05) is 11.9 Å². The van der Waals surface area contributed by atoms with Gasteiger partial charge in [-0.2, -0.15) is 0 Å². The molecular formula is C23H16FN3O3S2. The van der Waals surface area contributed by atoms with E-state index >= 15 is 0 Å². The number of halogens is 1. The Morgan fingerprint density at radius 2 is 2.03 bits per heavy atom. The lowest BCUT2D eigenvalue weighted by Gasteiger charge is -2.19. The molecule has 2 aromatic heterocycles. The molecule has 0 bridgehead atoms. The number of ketones is 1. The van der Waals surface area contributed by atoms with Crippen molar-refractivity contribution >= 4 is 50.7 Å². The Bertz CT molecular complexity index is 1350. The number of Topliss-reactive ketones (excluding diaryl/α,β-unsaturated/α-hetero) is 1. The maximum absolute atomic E-state index is 13.4. The summed E-state index contributed by atoms with van der Waals surface area (Å²) in [5.41, 5.74) is 2.73. The van der Waals surface area contributed by atoms with Crippen LogP contribution in [0.4, 0.5) is 10.1 Å². The topological polar surface area (TPSA) is 81.2 Å². The van der Waals surface area contributed by atoms with Gasteiger partial charge in [-0.15, -0.1) is 11.3 Å². The molecule has 1 atom stereocenters. The molecule has 1 aliphatic heterocycles. The highest BCUT2D eigenvalue weighted by Crippen LogP contribution is 2.39. The molecule has 0 spiro atoms. The zero-order valence-corrected chi connectivity index (χ0v) is 18.4. The molecule has 0 radical (unpaired) electrons. The number of nitrogens with one attached hydrogen (secondary N) is 1. The van der Waals surface area contributed by atoms with E-state index in [2.05, 4.69) is 15.3 Å². The summed E-state index contributed by atoms with van der Waals surface area (Å²) in [5, 5.41) is 5.79. The van der Waals surface area contributed by atoms with Crippen molar-refractivity contribution in [1.29, 1.82) is 0 Å². The molecule has 32 heavy (non-hydrogen) atoms. The average molecular weight is 466 g/mol. The summed E-state index contributed by atoms with van der Waals surface area (Å²) in [5.74, 6) is -0.104. The van der Waals surface area contributed by atoms with Crippen LogP contribution in [0, 0.1) is 5.82 Å². The predicted octanol–water partition coefficient (Wildman–Crippen LogP) is 5.19. The molecule has 0 saturated heterocycles. The molecule has 1 N–H and O–H groups in total. The Hall–Kier alpha value is -3.30. The van der Waals surface area contributed by atoms with Crippen molar-refractivity contribution in [1.82, 2.24) is 9.97 Å². The molecule has 5 rings (SSSR count). The highest BCUT2D eigenvalue weighted by atomic mass is 32.2. The van der Waals surface area contributed by atoms with Gasteiger partial charge < -0.3 is 10.1 Å². The van der Waals surface area contributed by atoms with E-state index in [0.29, 0.717) is 22.0 Å². The Labute approximate surface area is 190 Å². The summed E-state index contributed by atoms with van der Waals surface area (Å²) in [6.07, 6.45) is 1.48. The van der Waals surface area contributed by atoms with E-state index < -0.39 is 5.25 Å². The highest BCUT2D eigenvalue weighted by molar-refractivity contribution is 8.00. The minimum Gasteiger partial charge on any atom is -0.482 e. The highest BCUT2D eigenvalue weighted by Gasteiger charge is 2.23. The quantitative estimate of drug-likeness (QED) is 0.248. The fraction of sp³-hybridized carbons (Fsp3) is 0.130. The predicted molar refractivity (Wildman–Crippen MR) is 123 cm³/mol. The standard InChI is InChI=1S/C23H16FN3O3S2/c1-12(21(29)14-4-7-18-17(8-14)27-19(28)9-30-18)32-23-20-16(10-31-22(20)25-11-26-23)13-2-5-15(24)6-3-13/h2-8,10-12H,9H2,1H3,(H,27,28). The molecule has 1 amide bonds. The van der Waals surface area contributed by atoms with Crippen LogP contribution in [0.2, 0.25) is 0 Å². The van der Waals surface area contributed by atoms with Gasteiger partial charge in [-0.1, -0.05) is 23.9 Å². The number of rotatable bonds is 5. The van der Waals surface area contributed by atoms with Crippen LogP contribution >= 0.6 is 23.1 Å². The summed E-state index contributed by atoms with van der Waals surface area (Å²) in [6.45, 7) is 1.78. The van der Waals surface area contributed by atoms with Gasteiger partial charge in [0.1, 0.15) is 27.8 Å². The molecule has 160 valence electrons. The molecule has 0 saturated carbocycles. The van der Waals surface area contributed by atoms with Crippen LogP contribution in [0.25, 0.3) is 21.3 Å². The lowest BCUT2D eigenvalue weighted by Crippen LogP contribution is -2.25. The molecule has 1 unspecified atom stereocenters. The summed E-state index contributed by atoms with van der Waals surface area (Å²) in [4.78, 5) is 34.3. The Morgan fingerprint density at radius 3 is 2.84 bits per heavy atom. The number of amides is 1. The molecule has 0 aliphatic carbocycles. The third-order valence-corrected chi connectivity index (χ3v) is 7.03. The molecular weight excluding hydrogens is 449 g/mol. The fourth-order valence-corrected chi connectivity index (χ4v) is 5.46. The first-order valence-corrected chi connectivity index (χ1v) is 11.5. The maximum atomic E-state index is 13.4. The van der Waals surface area contributed by atoms with Crippen LogP contribution in [0.15, 0.2) is 59.2 Å². The van der Waals surface area contributed by atoms with E-state index in [0.717, 1.165) is 21.3 Å². The number of benzene rings is 2. The third kappa shape index (κ3) is 3.85. The van der Waals surface area contributed by atoms with Crippen molar-refractivity contribution in [2.45, 2.75) is 17.2 Å². The number of thioether (sulfide) groups is 1. The number of ether oxygens (including phenoxy) is 1.